The van der Waals surface area contributed by atoms with Crippen molar-refractivity contribution in [3.05, 3.63) is 24.3 Å². The molecule has 1 saturated carbocycles. The molecule has 0 radical (unpaired) electrons. The summed E-state index contributed by atoms with van der Waals surface area (Å²) in [6.07, 6.45) is 3.81. The summed E-state index contributed by atoms with van der Waals surface area (Å²) in [6, 6.07) is 10.1. The Morgan fingerprint density at radius 1 is 1.37 bits per heavy atom. The van der Waals surface area contributed by atoms with E-state index in [0.29, 0.717) is 0 Å². The molecule has 2 rings (SSSR count). The van der Waals surface area contributed by atoms with Gasteiger partial charge in [-0.3, -0.25) is 0 Å². The van der Waals surface area contributed by atoms with Crippen LogP contribution in [0.3, 0.4) is 0 Å². The second kappa shape index (κ2) is 5.94. The van der Waals surface area contributed by atoms with Crippen molar-refractivity contribution in [2.45, 2.75) is 37.3 Å². The quantitative estimate of drug-likeness (QED) is 0.904. The van der Waals surface area contributed by atoms with E-state index in [0.717, 1.165) is 37.1 Å². The monoisotopic (exact) mass is 260 g/mol. The van der Waals surface area contributed by atoms with Crippen LogP contribution >= 0.6 is 0 Å². The predicted octanol–water partition coefficient (Wildman–Crippen LogP) is 2.96. The lowest BCUT2D eigenvalue weighted by Crippen LogP contribution is -2.51. The highest BCUT2D eigenvalue weighted by atomic mass is 16.5. The van der Waals surface area contributed by atoms with E-state index >= 15 is 0 Å². The summed E-state index contributed by atoms with van der Waals surface area (Å²) in [5.41, 5.74) is 0.254. The van der Waals surface area contributed by atoms with Gasteiger partial charge in [0, 0.05) is 18.9 Å². The van der Waals surface area contributed by atoms with Gasteiger partial charge in [-0.1, -0.05) is 12.5 Å². The maximum atomic E-state index is 9.61. The minimum atomic E-state index is -0.640. The molecule has 1 aromatic rings. The second-order valence-electron chi connectivity index (χ2n) is 4.91. The first kappa shape index (κ1) is 13.7. The molecule has 2 atom stereocenters. The lowest BCUT2D eigenvalue weighted by Gasteiger charge is -2.39. The van der Waals surface area contributed by atoms with Crippen LogP contribution in [0.4, 0.5) is 5.69 Å². The van der Waals surface area contributed by atoms with Gasteiger partial charge < -0.3 is 14.8 Å². The zero-order chi connectivity index (χ0) is 13.7. The van der Waals surface area contributed by atoms with Crippen LogP contribution in [0.15, 0.2) is 24.3 Å². The minimum absolute atomic E-state index is 0.0718. The highest BCUT2D eigenvalue weighted by Crippen LogP contribution is 2.34. The Balaban J connectivity index is 2.24. The topological polar surface area (TPSA) is 54.3 Å². The maximum absolute atomic E-state index is 9.61. The van der Waals surface area contributed by atoms with E-state index in [4.69, 9.17) is 9.47 Å². The molecular formula is C15H20N2O2. The van der Waals surface area contributed by atoms with Crippen molar-refractivity contribution in [2.24, 2.45) is 0 Å². The molecule has 19 heavy (non-hydrogen) atoms. The maximum Gasteiger partial charge on any atom is 0.151 e. The summed E-state index contributed by atoms with van der Waals surface area (Å²) in [4.78, 5) is 0. The van der Waals surface area contributed by atoms with Gasteiger partial charge in [-0.2, -0.15) is 5.26 Å². The highest BCUT2D eigenvalue weighted by molar-refractivity contribution is 5.52. The Labute approximate surface area is 114 Å². The number of nitrogens with zero attached hydrogens (tertiary/aromatic N) is 1. The van der Waals surface area contributed by atoms with Gasteiger partial charge >= 0.3 is 0 Å². The fourth-order valence-corrected chi connectivity index (χ4v) is 2.72. The van der Waals surface area contributed by atoms with Crippen molar-refractivity contribution in [1.82, 2.24) is 0 Å². The van der Waals surface area contributed by atoms with Gasteiger partial charge in [0.15, 0.2) is 5.54 Å². The fraction of sp³-hybridized carbons (Fsp3) is 0.533. The van der Waals surface area contributed by atoms with Gasteiger partial charge in [0.2, 0.25) is 0 Å². The van der Waals surface area contributed by atoms with Crippen molar-refractivity contribution in [2.75, 3.05) is 19.5 Å². The largest absolute Gasteiger partial charge is 0.497 e. The number of nitrogens with one attached hydrogen (secondary N) is 1. The van der Waals surface area contributed by atoms with Crippen LogP contribution in [0.5, 0.6) is 5.75 Å². The number of benzene rings is 1. The number of hydrogen-bond acceptors (Lipinski definition) is 4. The first-order valence-corrected chi connectivity index (χ1v) is 6.60. The van der Waals surface area contributed by atoms with Crippen LogP contribution in [0.2, 0.25) is 0 Å². The van der Waals surface area contributed by atoms with Crippen molar-refractivity contribution in [3.8, 4) is 11.8 Å². The molecular weight excluding hydrogens is 240 g/mol. The van der Waals surface area contributed by atoms with Gasteiger partial charge in [0.1, 0.15) is 5.75 Å². The molecule has 1 aromatic carbocycles. The first-order chi connectivity index (χ1) is 9.24. The Kier molecular flexibility index (Phi) is 4.28. The molecule has 1 N–H and O–H groups in total. The molecule has 1 aliphatic carbocycles. The van der Waals surface area contributed by atoms with E-state index < -0.39 is 5.54 Å². The molecule has 4 nitrogen and oxygen atoms in total. The fourth-order valence-electron chi connectivity index (χ4n) is 2.72. The van der Waals surface area contributed by atoms with E-state index in [1.54, 1.807) is 14.2 Å². The van der Waals surface area contributed by atoms with Gasteiger partial charge in [0.05, 0.1) is 19.3 Å². The minimum Gasteiger partial charge on any atom is -0.497 e. The Morgan fingerprint density at radius 3 is 2.89 bits per heavy atom. The van der Waals surface area contributed by atoms with Crippen molar-refractivity contribution < 1.29 is 9.47 Å². The highest BCUT2D eigenvalue weighted by Gasteiger charge is 2.41. The lowest BCUT2D eigenvalue weighted by molar-refractivity contribution is 0.0369. The third-order valence-corrected chi connectivity index (χ3v) is 3.76. The number of anilines is 1. The van der Waals surface area contributed by atoms with Gasteiger partial charge in [-0.25, -0.2) is 0 Å². The number of ether oxygens (including phenoxy) is 2. The van der Waals surface area contributed by atoms with Crippen LogP contribution in [-0.2, 0) is 4.74 Å². The molecule has 4 heteroatoms. The molecule has 0 spiro atoms. The molecule has 1 aliphatic rings. The van der Waals surface area contributed by atoms with Gasteiger partial charge in [-0.05, 0) is 31.4 Å². The first-order valence-electron chi connectivity index (χ1n) is 6.60. The average molecular weight is 260 g/mol. The molecule has 0 heterocycles. The Hall–Kier alpha value is -1.73. The summed E-state index contributed by atoms with van der Waals surface area (Å²) in [6.45, 7) is 0. The summed E-state index contributed by atoms with van der Waals surface area (Å²) in [5.74, 6) is 0.780. The van der Waals surface area contributed by atoms with Gasteiger partial charge in [0.25, 0.3) is 0 Å². The molecule has 102 valence electrons. The zero-order valence-electron chi connectivity index (χ0n) is 11.5. The van der Waals surface area contributed by atoms with E-state index in [2.05, 4.69) is 11.4 Å². The number of methoxy groups -OCH3 is 2. The van der Waals surface area contributed by atoms with Crippen LogP contribution in [0.1, 0.15) is 25.7 Å². The molecule has 0 bridgehead atoms. The van der Waals surface area contributed by atoms with E-state index in [-0.39, 0.29) is 6.10 Å². The third-order valence-electron chi connectivity index (χ3n) is 3.76. The number of rotatable bonds is 4. The van der Waals surface area contributed by atoms with Crippen molar-refractivity contribution >= 4 is 5.69 Å². The van der Waals surface area contributed by atoms with Crippen LogP contribution in [-0.4, -0.2) is 25.9 Å². The second-order valence-corrected chi connectivity index (χ2v) is 4.91. The smallest absolute Gasteiger partial charge is 0.151 e. The SMILES string of the molecule is COc1cccc(NC2(C#N)CCCCC2OC)c1. The molecule has 2 unspecified atom stereocenters. The molecule has 0 saturated heterocycles. The molecule has 0 amide bonds. The predicted molar refractivity (Wildman–Crippen MR) is 74.2 cm³/mol. The van der Waals surface area contributed by atoms with Crippen LogP contribution < -0.4 is 10.1 Å². The van der Waals surface area contributed by atoms with Crippen LogP contribution in [0, 0.1) is 11.3 Å². The lowest BCUT2D eigenvalue weighted by atomic mass is 9.80. The standard InChI is InChI=1S/C15H20N2O2/c1-18-13-7-5-6-12(10-13)17-15(11-16)9-4-3-8-14(15)19-2/h5-7,10,14,17H,3-4,8-9H2,1-2H3. The number of hydrogen-bond donors (Lipinski definition) is 1. The summed E-state index contributed by atoms with van der Waals surface area (Å²) in [5, 5.41) is 13.0. The van der Waals surface area contributed by atoms with E-state index in [9.17, 15) is 5.26 Å². The van der Waals surface area contributed by atoms with Crippen LogP contribution in [0.25, 0.3) is 0 Å². The summed E-state index contributed by atoms with van der Waals surface area (Å²) >= 11 is 0. The third kappa shape index (κ3) is 2.82. The Morgan fingerprint density at radius 2 is 2.21 bits per heavy atom. The van der Waals surface area contributed by atoms with Gasteiger partial charge in [-0.15, -0.1) is 0 Å². The Bertz CT molecular complexity index is 469. The average Bonchev–Trinajstić information content (AvgIpc) is 2.47. The van der Waals surface area contributed by atoms with E-state index in [1.807, 2.05) is 24.3 Å². The normalized spacial score (nSPS) is 26.5. The molecule has 0 aliphatic heterocycles. The molecule has 1 fully saturated rings. The summed E-state index contributed by atoms with van der Waals surface area (Å²) < 4.78 is 10.7. The molecule has 0 aromatic heterocycles. The van der Waals surface area contributed by atoms with Crippen molar-refractivity contribution in [3.63, 3.8) is 0 Å². The summed E-state index contributed by atoms with van der Waals surface area (Å²) in [7, 11) is 3.31. The number of nitriles is 1. The zero-order valence-corrected chi connectivity index (χ0v) is 11.5. The van der Waals surface area contributed by atoms with E-state index in [1.165, 1.54) is 0 Å². The van der Waals surface area contributed by atoms with Crippen molar-refractivity contribution in [1.29, 1.82) is 5.26 Å².